The van der Waals surface area contributed by atoms with E-state index in [0.29, 0.717) is 0 Å². The summed E-state index contributed by atoms with van der Waals surface area (Å²) in [4.78, 5) is 50.8. The van der Waals surface area contributed by atoms with Crippen LogP contribution in [0.3, 0.4) is 0 Å². The molecule has 0 radical (unpaired) electrons. The third-order valence-corrected chi connectivity index (χ3v) is 6.59. The lowest BCUT2D eigenvalue weighted by molar-refractivity contribution is -0.166. The van der Waals surface area contributed by atoms with E-state index in [0.717, 1.165) is 0 Å². The van der Waals surface area contributed by atoms with Crippen LogP contribution in [0.2, 0.25) is 0 Å². The summed E-state index contributed by atoms with van der Waals surface area (Å²) < 4.78 is 0. The summed E-state index contributed by atoms with van der Waals surface area (Å²) in [6, 6.07) is 0. The van der Waals surface area contributed by atoms with Crippen molar-refractivity contribution in [3.63, 3.8) is 0 Å². The molecule has 118 valence electrons. The van der Waals surface area contributed by atoms with E-state index in [1.807, 2.05) is 12.2 Å². The number of likely N-dealkylation sites (tertiary alicyclic amines) is 1. The van der Waals surface area contributed by atoms with Gasteiger partial charge in [-0.3, -0.25) is 29.4 Å². The van der Waals surface area contributed by atoms with E-state index in [1.54, 1.807) is 6.08 Å². The van der Waals surface area contributed by atoms with Gasteiger partial charge in [-0.25, -0.2) is 0 Å². The van der Waals surface area contributed by atoms with Gasteiger partial charge in [0.25, 0.3) is 0 Å². The highest BCUT2D eigenvalue weighted by Gasteiger charge is 2.74. The fourth-order valence-electron chi connectivity index (χ4n) is 5.89. The van der Waals surface area contributed by atoms with Crippen molar-refractivity contribution < 1.29 is 19.2 Å². The van der Waals surface area contributed by atoms with Gasteiger partial charge in [0.15, 0.2) is 0 Å². The number of amides is 4. The number of nitrogens with zero attached hydrogens (tertiary/aromatic N) is 1. The van der Waals surface area contributed by atoms with Crippen molar-refractivity contribution in [1.29, 1.82) is 0 Å². The van der Waals surface area contributed by atoms with E-state index in [2.05, 4.69) is 11.9 Å². The predicted molar refractivity (Wildman–Crippen MR) is 77.1 cm³/mol. The van der Waals surface area contributed by atoms with Gasteiger partial charge in [-0.1, -0.05) is 18.2 Å². The zero-order chi connectivity index (χ0) is 16.0. The average Bonchev–Trinajstić information content (AvgIpc) is 2.90. The molecule has 2 saturated heterocycles. The second-order valence-corrected chi connectivity index (χ2v) is 7.23. The van der Waals surface area contributed by atoms with Crippen LogP contribution in [0.25, 0.3) is 0 Å². The van der Waals surface area contributed by atoms with E-state index in [9.17, 15) is 19.2 Å². The first-order valence-electron chi connectivity index (χ1n) is 8.05. The SMILES string of the molecule is C=CCN1C(=O)C2C(C1=O)C1C3C=CC(C4C(=O)NC(=O)C34)C21. The Kier molecular flexibility index (Phi) is 2.29. The van der Waals surface area contributed by atoms with Crippen LogP contribution >= 0.6 is 0 Å². The first kappa shape index (κ1) is 13.2. The van der Waals surface area contributed by atoms with Crippen LogP contribution in [0.1, 0.15) is 0 Å². The third-order valence-electron chi connectivity index (χ3n) is 6.59. The summed E-state index contributed by atoms with van der Waals surface area (Å²) in [5.74, 6) is -2.28. The number of hydrogen-bond donors (Lipinski definition) is 1. The van der Waals surface area contributed by atoms with Crippen molar-refractivity contribution in [3.8, 4) is 0 Å². The summed E-state index contributed by atoms with van der Waals surface area (Å²) in [5, 5.41) is 2.43. The highest BCUT2D eigenvalue weighted by molar-refractivity contribution is 6.09. The van der Waals surface area contributed by atoms with E-state index in [4.69, 9.17) is 0 Å². The monoisotopic (exact) mass is 312 g/mol. The summed E-state index contributed by atoms with van der Waals surface area (Å²) in [5.41, 5.74) is 0. The predicted octanol–water partition coefficient (Wildman–Crippen LogP) is -0.276. The van der Waals surface area contributed by atoms with Gasteiger partial charge in [-0.2, -0.15) is 0 Å². The van der Waals surface area contributed by atoms with Crippen molar-refractivity contribution in [2.24, 2.45) is 47.3 Å². The first-order valence-corrected chi connectivity index (χ1v) is 8.05. The van der Waals surface area contributed by atoms with Gasteiger partial charge in [0.05, 0.1) is 23.7 Å². The molecule has 1 N–H and O–H groups in total. The standard InChI is InChI=1S/C17H16N2O4/c1-2-5-19-16(22)12-8-6-3-4-7(9(8)13(12)17(19)23)11-10(6)14(20)18-15(11)21/h2-4,6-13H,1,5H2,(H,18,20,21). The lowest BCUT2D eigenvalue weighted by atomic mass is 9.40. The molecule has 2 heterocycles. The van der Waals surface area contributed by atoms with Gasteiger partial charge < -0.3 is 0 Å². The Morgan fingerprint density at radius 2 is 1.39 bits per heavy atom. The molecule has 4 fully saturated rings. The fraction of sp³-hybridized carbons (Fsp3) is 0.529. The Hall–Kier alpha value is -2.24. The Morgan fingerprint density at radius 3 is 1.83 bits per heavy atom. The molecule has 6 heteroatoms. The molecule has 23 heavy (non-hydrogen) atoms. The van der Waals surface area contributed by atoms with Crippen molar-refractivity contribution >= 4 is 23.6 Å². The molecular weight excluding hydrogens is 296 g/mol. The normalized spacial score (nSPS) is 48.8. The Balaban J connectivity index is 1.57. The summed E-state index contributed by atoms with van der Waals surface area (Å²) in [7, 11) is 0. The van der Waals surface area contributed by atoms with Crippen LogP contribution in [0.15, 0.2) is 24.8 Å². The highest BCUT2D eigenvalue weighted by Crippen LogP contribution is 2.67. The molecule has 4 amide bonds. The van der Waals surface area contributed by atoms with Crippen molar-refractivity contribution in [3.05, 3.63) is 24.8 Å². The topological polar surface area (TPSA) is 83.6 Å². The molecule has 0 aromatic heterocycles. The largest absolute Gasteiger partial charge is 0.296 e. The minimum atomic E-state index is -0.365. The summed E-state index contributed by atoms with van der Waals surface area (Å²) >= 11 is 0. The number of rotatable bonds is 2. The summed E-state index contributed by atoms with van der Waals surface area (Å²) in [6.45, 7) is 3.84. The number of nitrogens with one attached hydrogen (secondary N) is 1. The zero-order valence-corrected chi connectivity index (χ0v) is 12.3. The molecule has 8 atom stereocenters. The average molecular weight is 312 g/mol. The lowest BCUT2D eigenvalue weighted by Crippen LogP contribution is -2.63. The molecule has 6 rings (SSSR count). The molecular formula is C17H16N2O4. The third kappa shape index (κ3) is 1.28. The smallest absolute Gasteiger partial charge is 0.233 e. The van der Waals surface area contributed by atoms with Gasteiger partial charge in [0, 0.05) is 6.54 Å². The highest BCUT2D eigenvalue weighted by atomic mass is 16.2. The number of hydrogen-bond acceptors (Lipinski definition) is 4. The van der Waals surface area contributed by atoms with Gasteiger partial charge in [0.2, 0.25) is 23.6 Å². The first-order chi connectivity index (χ1) is 11.1. The second-order valence-electron chi connectivity index (χ2n) is 7.23. The van der Waals surface area contributed by atoms with E-state index in [-0.39, 0.29) is 77.5 Å². The lowest BCUT2D eigenvalue weighted by Gasteiger charge is -2.60. The Labute approximate surface area is 132 Å². The number of allylic oxidation sites excluding steroid dienone is 2. The van der Waals surface area contributed by atoms with E-state index >= 15 is 0 Å². The molecule has 6 aliphatic rings. The number of carbonyl (C=O) groups is 4. The summed E-state index contributed by atoms with van der Waals surface area (Å²) in [6.07, 6.45) is 5.55. The van der Waals surface area contributed by atoms with E-state index in [1.165, 1.54) is 4.90 Å². The number of fused-ring (bicyclic) bond motifs is 1. The van der Waals surface area contributed by atoms with Crippen LogP contribution in [0.4, 0.5) is 0 Å². The minimum absolute atomic E-state index is 0.0131. The van der Waals surface area contributed by atoms with Crippen LogP contribution in [-0.4, -0.2) is 35.1 Å². The van der Waals surface area contributed by atoms with Crippen molar-refractivity contribution in [1.82, 2.24) is 10.2 Å². The molecule has 6 nitrogen and oxygen atoms in total. The molecule has 0 aromatic carbocycles. The number of carbonyl (C=O) groups excluding carboxylic acids is 4. The molecule has 8 unspecified atom stereocenters. The molecule has 2 saturated carbocycles. The van der Waals surface area contributed by atoms with Crippen molar-refractivity contribution in [2.75, 3.05) is 6.54 Å². The number of imide groups is 2. The molecule has 0 spiro atoms. The zero-order valence-electron chi connectivity index (χ0n) is 12.3. The maximum absolute atomic E-state index is 12.6. The maximum atomic E-state index is 12.6. The maximum Gasteiger partial charge on any atom is 0.233 e. The van der Waals surface area contributed by atoms with E-state index < -0.39 is 0 Å². The molecule has 2 bridgehead atoms. The fourth-order valence-corrected chi connectivity index (χ4v) is 5.89. The molecule has 2 aliphatic heterocycles. The van der Waals surface area contributed by atoms with Crippen molar-refractivity contribution in [2.45, 2.75) is 0 Å². The van der Waals surface area contributed by atoms with Crippen LogP contribution in [-0.2, 0) is 19.2 Å². The molecule has 0 aromatic rings. The van der Waals surface area contributed by atoms with Gasteiger partial charge in [-0.05, 0) is 23.7 Å². The minimum Gasteiger partial charge on any atom is -0.296 e. The van der Waals surface area contributed by atoms with Gasteiger partial charge in [0.1, 0.15) is 0 Å². The Bertz CT molecular complexity index is 672. The van der Waals surface area contributed by atoms with Gasteiger partial charge in [-0.15, -0.1) is 6.58 Å². The quantitative estimate of drug-likeness (QED) is 0.562. The van der Waals surface area contributed by atoms with Gasteiger partial charge >= 0.3 is 0 Å². The Morgan fingerprint density at radius 1 is 0.913 bits per heavy atom. The van der Waals surface area contributed by atoms with Crippen LogP contribution in [0, 0.1) is 47.3 Å². The van der Waals surface area contributed by atoms with Crippen LogP contribution < -0.4 is 5.32 Å². The van der Waals surface area contributed by atoms with Crippen LogP contribution in [0.5, 0.6) is 0 Å². The second kappa shape index (κ2) is 3.99. The molecule has 4 aliphatic carbocycles.